The number of benzene rings is 1. The molecule has 116 valence electrons. The van der Waals surface area contributed by atoms with E-state index in [2.05, 4.69) is 4.90 Å². The molecule has 1 aliphatic heterocycles. The molecule has 2 fully saturated rings. The van der Waals surface area contributed by atoms with Crippen molar-refractivity contribution in [3.63, 3.8) is 0 Å². The summed E-state index contributed by atoms with van der Waals surface area (Å²) in [4.78, 5) is 2.78. The van der Waals surface area contributed by atoms with Crippen molar-refractivity contribution in [3.05, 3.63) is 30.3 Å². The largest absolute Gasteiger partial charge is 0.299 e. The van der Waals surface area contributed by atoms with Crippen molar-refractivity contribution >= 4 is 21.9 Å². The van der Waals surface area contributed by atoms with E-state index in [1.54, 1.807) is 30.3 Å². The van der Waals surface area contributed by atoms with Crippen LogP contribution in [0.2, 0.25) is 0 Å². The summed E-state index contributed by atoms with van der Waals surface area (Å²) >= 11 is 2.02. The molecule has 0 unspecified atom stereocenters. The molecule has 0 spiro atoms. The Morgan fingerprint density at radius 2 is 1.81 bits per heavy atom. The molecule has 1 aromatic rings. The van der Waals surface area contributed by atoms with Gasteiger partial charge in [-0.25, -0.2) is 0 Å². The molecular weight excluding hydrogens is 306 g/mol. The van der Waals surface area contributed by atoms with Crippen LogP contribution < -0.4 is 0 Å². The lowest BCUT2D eigenvalue weighted by Gasteiger charge is -2.44. The van der Waals surface area contributed by atoms with Crippen LogP contribution in [0.4, 0.5) is 0 Å². The second kappa shape index (κ2) is 6.69. The van der Waals surface area contributed by atoms with Crippen molar-refractivity contribution in [2.24, 2.45) is 5.92 Å². The summed E-state index contributed by atoms with van der Waals surface area (Å²) in [5, 5.41) is 0. The van der Waals surface area contributed by atoms with Gasteiger partial charge in [0, 0.05) is 30.6 Å². The van der Waals surface area contributed by atoms with E-state index in [9.17, 15) is 8.42 Å². The minimum atomic E-state index is -3.59. The summed E-state index contributed by atoms with van der Waals surface area (Å²) in [6.07, 6.45) is 2.13. The second-order valence-corrected chi connectivity index (χ2v) is 8.53. The maximum Gasteiger partial charge on any atom is 0.296 e. The van der Waals surface area contributed by atoms with Crippen molar-refractivity contribution in [1.82, 2.24) is 4.90 Å². The molecule has 0 radical (unpaired) electrons. The van der Waals surface area contributed by atoms with Crippen molar-refractivity contribution in [3.8, 4) is 0 Å². The molecule has 4 nitrogen and oxygen atoms in total. The molecule has 0 atom stereocenters. The maximum absolute atomic E-state index is 12.0. The fraction of sp³-hybridized carbons (Fsp3) is 0.600. The Balaban J connectivity index is 1.45. The van der Waals surface area contributed by atoms with Gasteiger partial charge in [0.05, 0.1) is 11.5 Å². The van der Waals surface area contributed by atoms with Crippen LogP contribution in [0.15, 0.2) is 35.2 Å². The van der Waals surface area contributed by atoms with Gasteiger partial charge in [-0.05, 0) is 30.9 Å². The summed E-state index contributed by atoms with van der Waals surface area (Å²) in [5.74, 6) is 2.82. The van der Waals surface area contributed by atoms with E-state index in [1.165, 1.54) is 24.6 Å². The van der Waals surface area contributed by atoms with E-state index in [0.29, 0.717) is 18.6 Å². The van der Waals surface area contributed by atoms with Gasteiger partial charge in [-0.2, -0.15) is 20.2 Å². The van der Waals surface area contributed by atoms with Crippen molar-refractivity contribution < 1.29 is 12.6 Å². The Hall–Kier alpha value is -0.560. The second-order valence-electron chi connectivity index (χ2n) is 5.69. The first-order chi connectivity index (χ1) is 10.1. The standard InChI is InChI=1S/C15H21NO3S2/c17-21(18,15-4-2-1-3-5-15)19-12-13-10-14(11-13)16-6-8-20-9-7-16/h1-5,13-14H,6-12H2. The van der Waals surface area contributed by atoms with E-state index >= 15 is 0 Å². The van der Waals surface area contributed by atoms with Gasteiger partial charge >= 0.3 is 0 Å². The first-order valence-electron chi connectivity index (χ1n) is 7.41. The van der Waals surface area contributed by atoms with Gasteiger partial charge in [0.1, 0.15) is 0 Å². The Labute approximate surface area is 131 Å². The van der Waals surface area contributed by atoms with Gasteiger partial charge in [-0.3, -0.25) is 9.08 Å². The fourth-order valence-corrected chi connectivity index (χ4v) is 4.85. The molecule has 0 aromatic heterocycles. The van der Waals surface area contributed by atoms with Crippen LogP contribution in [-0.4, -0.2) is 50.6 Å². The lowest BCUT2D eigenvalue weighted by atomic mass is 9.80. The first kappa shape index (κ1) is 15.3. The normalized spacial score (nSPS) is 27.2. The van der Waals surface area contributed by atoms with Crippen LogP contribution >= 0.6 is 11.8 Å². The van der Waals surface area contributed by atoms with Gasteiger partial charge in [-0.15, -0.1) is 0 Å². The highest BCUT2D eigenvalue weighted by atomic mass is 32.2. The van der Waals surface area contributed by atoms with Gasteiger partial charge in [0.25, 0.3) is 10.1 Å². The Morgan fingerprint density at radius 3 is 2.48 bits per heavy atom. The molecule has 1 aromatic carbocycles. The fourth-order valence-electron chi connectivity index (χ4n) is 2.92. The lowest BCUT2D eigenvalue weighted by Crippen LogP contribution is -2.49. The molecule has 1 saturated carbocycles. The highest BCUT2D eigenvalue weighted by Crippen LogP contribution is 2.33. The summed E-state index contributed by atoms with van der Waals surface area (Å²) in [7, 11) is -3.59. The molecule has 3 rings (SSSR count). The third-order valence-electron chi connectivity index (χ3n) is 4.26. The van der Waals surface area contributed by atoms with Gasteiger partial charge in [0.2, 0.25) is 0 Å². The third kappa shape index (κ3) is 3.80. The van der Waals surface area contributed by atoms with Gasteiger partial charge in [0.15, 0.2) is 0 Å². The highest BCUT2D eigenvalue weighted by molar-refractivity contribution is 7.99. The summed E-state index contributed by atoms with van der Waals surface area (Å²) in [6, 6.07) is 9.01. The van der Waals surface area contributed by atoms with Crippen molar-refractivity contribution in [2.45, 2.75) is 23.8 Å². The predicted molar refractivity (Wildman–Crippen MR) is 85.0 cm³/mol. The predicted octanol–water partition coefficient (Wildman–Crippen LogP) is 2.22. The number of nitrogens with zero attached hydrogens (tertiary/aromatic N) is 1. The highest BCUT2D eigenvalue weighted by Gasteiger charge is 2.35. The lowest BCUT2D eigenvalue weighted by molar-refractivity contribution is 0.0597. The maximum atomic E-state index is 12.0. The molecule has 1 heterocycles. The molecular formula is C15H21NO3S2. The summed E-state index contributed by atoms with van der Waals surface area (Å²) in [6.45, 7) is 2.66. The van der Waals surface area contributed by atoms with E-state index in [-0.39, 0.29) is 4.90 Å². The Morgan fingerprint density at radius 1 is 1.14 bits per heavy atom. The minimum Gasteiger partial charge on any atom is -0.299 e. The average molecular weight is 327 g/mol. The van der Waals surface area contributed by atoms with E-state index in [0.717, 1.165) is 12.8 Å². The SMILES string of the molecule is O=S(=O)(OCC1CC(N2CCSCC2)C1)c1ccccc1. The van der Waals surface area contributed by atoms with Crippen LogP contribution in [0.1, 0.15) is 12.8 Å². The smallest absolute Gasteiger partial charge is 0.296 e. The molecule has 0 bridgehead atoms. The van der Waals surface area contributed by atoms with Crippen LogP contribution in [0.3, 0.4) is 0 Å². The van der Waals surface area contributed by atoms with Crippen LogP contribution in [0.25, 0.3) is 0 Å². The van der Waals surface area contributed by atoms with Crippen LogP contribution in [0, 0.1) is 5.92 Å². The van der Waals surface area contributed by atoms with E-state index < -0.39 is 10.1 Å². The topological polar surface area (TPSA) is 46.6 Å². The molecule has 0 amide bonds. The van der Waals surface area contributed by atoms with Crippen molar-refractivity contribution in [2.75, 3.05) is 31.2 Å². The summed E-state index contributed by atoms with van der Waals surface area (Å²) in [5.41, 5.74) is 0. The number of hydrogen-bond donors (Lipinski definition) is 0. The van der Waals surface area contributed by atoms with Crippen LogP contribution in [0.5, 0.6) is 0 Å². The van der Waals surface area contributed by atoms with E-state index in [1.807, 2.05) is 11.8 Å². The Bertz CT molecular complexity index is 550. The quantitative estimate of drug-likeness (QED) is 0.776. The zero-order valence-electron chi connectivity index (χ0n) is 12.0. The molecule has 0 N–H and O–H groups in total. The van der Waals surface area contributed by atoms with Gasteiger partial charge in [-0.1, -0.05) is 18.2 Å². The molecule has 21 heavy (non-hydrogen) atoms. The number of hydrogen-bond acceptors (Lipinski definition) is 5. The third-order valence-corrected chi connectivity index (χ3v) is 6.50. The molecule has 2 aliphatic rings. The van der Waals surface area contributed by atoms with Crippen molar-refractivity contribution in [1.29, 1.82) is 0 Å². The zero-order valence-corrected chi connectivity index (χ0v) is 13.6. The summed E-state index contributed by atoms with van der Waals surface area (Å²) < 4.78 is 29.3. The average Bonchev–Trinajstić information content (AvgIpc) is 2.47. The number of rotatable bonds is 5. The molecule has 6 heteroatoms. The van der Waals surface area contributed by atoms with E-state index in [4.69, 9.17) is 4.18 Å². The molecule has 1 saturated heterocycles. The monoisotopic (exact) mass is 327 g/mol. The molecule has 1 aliphatic carbocycles. The van der Waals surface area contributed by atoms with Gasteiger partial charge < -0.3 is 0 Å². The van der Waals surface area contributed by atoms with Crippen LogP contribution in [-0.2, 0) is 14.3 Å². The number of thioether (sulfide) groups is 1. The zero-order chi connectivity index (χ0) is 14.7. The minimum absolute atomic E-state index is 0.244. The Kier molecular flexibility index (Phi) is 4.88. The first-order valence-corrected chi connectivity index (χ1v) is 9.98.